The summed E-state index contributed by atoms with van der Waals surface area (Å²) in [5.74, 6) is 7.08. The fraction of sp³-hybridized carbons (Fsp3) is 0.294. The molecule has 1 aromatic carbocycles. The summed E-state index contributed by atoms with van der Waals surface area (Å²) >= 11 is 4.26. The Kier molecular flexibility index (Phi) is 6.01. The van der Waals surface area contributed by atoms with Crippen molar-refractivity contribution in [2.45, 2.75) is 25.2 Å². The lowest BCUT2D eigenvalue weighted by atomic mass is 10.1. The summed E-state index contributed by atoms with van der Waals surface area (Å²) in [6.07, 6.45) is 2.33. The Morgan fingerprint density at radius 3 is 2.74 bits per heavy atom. The highest BCUT2D eigenvalue weighted by Crippen LogP contribution is 2.22. The van der Waals surface area contributed by atoms with E-state index < -0.39 is 0 Å². The highest BCUT2D eigenvalue weighted by Gasteiger charge is 2.13. The van der Waals surface area contributed by atoms with E-state index in [0.29, 0.717) is 29.7 Å². The van der Waals surface area contributed by atoms with Gasteiger partial charge in [0.05, 0.1) is 5.56 Å². The number of rotatable bonds is 6. The second-order valence-corrected chi connectivity index (χ2v) is 6.18. The van der Waals surface area contributed by atoms with Crippen LogP contribution < -0.4 is 10.6 Å². The Balaban J connectivity index is 2.00. The van der Waals surface area contributed by atoms with Gasteiger partial charge in [-0.1, -0.05) is 19.9 Å². The summed E-state index contributed by atoms with van der Waals surface area (Å²) in [6, 6.07) is 10.6. The van der Waals surface area contributed by atoms with Crippen molar-refractivity contribution in [1.82, 2.24) is 9.99 Å². The van der Waals surface area contributed by atoms with Crippen LogP contribution in [0.15, 0.2) is 47.5 Å². The van der Waals surface area contributed by atoms with Crippen molar-refractivity contribution in [2.24, 2.45) is 11.8 Å². The molecule has 0 fully saturated rings. The van der Waals surface area contributed by atoms with Crippen molar-refractivity contribution in [3.63, 3.8) is 0 Å². The molecule has 0 saturated carbocycles. The average molecular weight is 331 g/mol. The molecule has 0 saturated heterocycles. The predicted molar refractivity (Wildman–Crippen MR) is 92.7 cm³/mol. The molecule has 0 unspecified atom stereocenters. The quantitative estimate of drug-likeness (QED) is 0.368. The molecule has 6 heteroatoms. The largest absolute Gasteiger partial charge is 0.439 e. The van der Waals surface area contributed by atoms with E-state index >= 15 is 0 Å². The molecule has 0 bridgehead atoms. The highest BCUT2D eigenvalue weighted by atomic mass is 32.1. The Bertz CT molecular complexity index is 659. The molecule has 23 heavy (non-hydrogen) atoms. The molecule has 0 atom stereocenters. The molecule has 2 N–H and O–H groups in total. The summed E-state index contributed by atoms with van der Waals surface area (Å²) in [7, 11) is 0. The fourth-order valence-corrected chi connectivity index (χ4v) is 2.11. The summed E-state index contributed by atoms with van der Waals surface area (Å²) in [4.78, 5) is 17.1. The number of hydrazine groups is 1. The van der Waals surface area contributed by atoms with Crippen molar-refractivity contribution in [2.75, 3.05) is 6.54 Å². The summed E-state index contributed by atoms with van der Waals surface area (Å²) in [5, 5.41) is 1.22. The van der Waals surface area contributed by atoms with E-state index in [9.17, 15) is 4.79 Å². The molecule has 1 aromatic heterocycles. The Hall–Kier alpha value is -2.05. The van der Waals surface area contributed by atoms with Crippen molar-refractivity contribution in [3.8, 4) is 11.6 Å². The van der Waals surface area contributed by atoms with Crippen molar-refractivity contribution >= 4 is 18.5 Å². The standard InChI is InChI=1S/C17H21N3O2S/c1-12(2)8-9-20(18)17(21)13-6-7-16(19-11-13)22-14-4-3-5-15(23)10-14/h3-7,10-12,23H,8-9,18H2,1-2H3. The number of amides is 1. The lowest BCUT2D eigenvalue weighted by Crippen LogP contribution is -2.38. The monoisotopic (exact) mass is 331 g/mol. The first-order valence-corrected chi connectivity index (χ1v) is 7.90. The van der Waals surface area contributed by atoms with Gasteiger partial charge < -0.3 is 4.74 Å². The van der Waals surface area contributed by atoms with E-state index in [1.54, 1.807) is 18.2 Å². The number of hydrogen-bond acceptors (Lipinski definition) is 5. The third-order valence-corrected chi connectivity index (χ3v) is 3.51. The first kappa shape index (κ1) is 17.3. The molecule has 2 aromatic rings. The van der Waals surface area contributed by atoms with Gasteiger partial charge in [0.25, 0.3) is 5.91 Å². The normalized spacial score (nSPS) is 10.7. The minimum atomic E-state index is -0.248. The maximum Gasteiger partial charge on any atom is 0.269 e. The lowest BCUT2D eigenvalue weighted by molar-refractivity contribution is 0.0748. The maximum atomic E-state index is 12.2. The number of carbonyl (C=O) groups is 1. The number of ether oxygens (including phenoxy) is 1. The lowest BCUT2D eigenvalue weighted by Gasteiger charge is -2.17. The topological polar surface area (TPSA) is 68.5 Å². The van der Waals surface area contributed by atoms with E-state index in [1.807, 2.05) is 18.2 Å². The van der Waals surface area contributed by atoms with Crippen LogP contribution in [0.5, 0.6) is 11.6 Å². The van der Waals surface area contributed by atoms with Gasteiger partial charge >= 0.3 is 0 Å². The van der Waals surface area contributed by atoms with Crippen LogP contribution in [0.25, 0.3) is 0 Å². The van der Waals surface area contributed by atoms with Crippen molar-refractivity contribution in [3.05, 3.63) is 48.2 Å². The first-order valence-electron chi connectivity index (χ1n) is 7.45. The van der Waals surface area contributed by atoms with Gasteiger partial charge in [-0.05, 0) is 36.6 Å². The van der Waals surface area contributed by atoms with Crippen LogP contribution in [0, 0.1) is 5.92 Å². The van der Waals surface area contributed by atoms with Crippen molar-refractivity contribution < 1.29 is 9.53 Å². The van der Waals surface area contributed by atoms with E-state index in [2.05, 4.69) is 31.5 Å². The van der Waals surface area contributed by atoms with Crippen LogP contribution in [0.3, 0.4) is 0 Å². The van der Waals surface area contributed by atoms with Crippen LogP contribution in [0.1, 0.15) is 30.6 Å². The van der Waals surface area contributed by atoms with Crippen LogP contribution >= 0.6 is 12.6 Å². The number of thiol groups is 1. The van der Waals surface area contributed by atoms with Gasteiger partial charge in [0.1, 0.15) is 5.75 Å². The zero-order valence-electron chi connectivity index (χ0n) is 13.3. The van der Waals surface area contributed by atoms with Crippen molar-refractivity contribution in [1.29, 1.82) is 0 Å². The third kappa shape index (κ3) is 5.26. The smallest absolute Gasteiger partial charge is 0.269 e. The molecule has 0 aliphatic heterocycles. The Labute approximate surface area is 141 Å². The number of pyridine rings is 1. The molecule has 0 aliphatic carbocycles. The zero-order valence-corrected chi connectivity index (χ0v) is 14.2. The van der Waals surface area contributed by atoms with Crippen LogP contribution in [-0.2, 0) is 0 Å². The molecule has 0 radical (unpaired) electrons. The molecule has 2 rings (SSSR count). The minimum absolute atomic E-state index is 0.248. The van der Waals surface area contributed by atoms with E-state index in [1.165, 1.54) is 11.2 Å². The third-order valence-electron chi connectivity index (χ3n) is 3.23. The Morgan fingerprint density at radius 2 is 2.13 bits per heavy atom. The Morgan fingerprint density at radius 1 is 1.35 bits per heavy atom. The van der Waals surface area contributed by atoms with Crippen LogP contribution in [-0.4, -0.2) is 22.4 Å². The highest BCUT2D eigenvalue weighted by molar-refractivity contribution is 7.80. The molecule has 0 aliphatic rings. The molecule has 0 spiro atoms. The molecule has 1 amide bonds. The number of carbonyl (C=O) groups excluding carboxylic acids is 1. The number of aromatic nitrogens is 1. The number of hydrogen-bond donors (Lipinski definition) is 2. The second-order valence-electron chi connectivity index (χ2n) is 5.67. The van der Waals surface area contributed by atoms with Gasteiger partial charge in [-0.2, -0.15) is 0 Å². The molecule has 122 valence electrons. The average Bonchev–Trinajstić information content (AvgIpc) is 2.52. The van der Waals surface area contributed by atoms with Gasteiger partial charge in [-0.3, -0.25) is 9.80 Å². The summed E-state index contributed by atoms with van der Waals surface area (Å²) in [6.45, 7) is 4.70. The first-order chi connectivity index (χ1) is 11.0. The van der Waals surface area contributed by atoms with Crippen LogP contribution in [0.4, 0.5) is 0 Å². The van der Waals surface area contributed by atoms with Gasteiger partial charge in [-0.15, -0.1) is 12.6 Å². The minimum Gasteiger partial charge on any atom is -0.439 e. The second kappa shape index (κ2) is 7.99. The number of nitrogens with two attached hydrogens (primary N) is 1. The van der Waals surface area contributed by atoms with Gasteiger partial charge in [0.2, 0.25) is 5.88 Å². The molecule has 1 heterocycles. The number of benzene rings is 1. The van der Waals surface area contributed by atoms with Gasteiger partial charge in [0.15, 0.2) is 0 Å². The maximum absolute atomic E-state index is 12.2. The fourth-order valence-electron chi connectivity index (χ4n) is 1.90. The molecular weight excluding hydrogens is 310 g/mol. The number of nitrogens with zero attached hydrogens (tertiary/aromatic N) is 2. The van der Waals surface area contributed by atoms with E-state index in [0.717, 1.165) is 11.3 Å². The van der Waals surface area contributed by atoms with E-state index in [-0.39, 0.29) is 5.91 Å². The van der Waals surface area contributed by atoms with Gasteiger partial charge in [-0.25, -0.2) is 10.8 Å². The predicted octanol–water partition coefficient (Wildman–Crippen LogP) is 3.52. The summed E-state index contributed by atoms with van der Waals surface area (Å²) < 4.78 is 5.62. The SMILES string of the molecule is CC(C)CCN(N)C(=O)c1ccc(Oc2cccc(S)c2)nc1. The van der Waals surface area contributed by atoms with Gasteiger partial charge in [0, 0.05) is 23.7 Å². The molecular formula is C17H21N3O2S. The van der Waals surface area contributed by atoms with Crippen LogP contribution in [0.2, 0.25) is 0 Å². The molecule has 5 nitrogen and oxygen atoms in total. The summed E-state index contributed by atoms with van der Waals surface area (Å²) in [5.41, 5.74) is 0.437. The zero-order chi connectivity index (χ0) is 16.8. The van der Waals surface area contributed by atoms with E-state index in [4.69, 9.17) is 10.6 Å².